The molecule has 156 valence electrons. The number of rotatable bonds is 7. The Morgan fingerprint density at radius 3 is 2.14 bits per heavy atom. The first-order chi connectivity index (χ1) is 13.6. The molecule has 0 spiro atoms. The number of esters is 1. The maximum Gasteiger partial charge on any atom is 0.354 e. The quantitative estimate of drug-likeness (QED) is 0.523. The molecule has 29 heavy (non-hydrogen) atoms. The monoisotopic (exact) mass is 398 g/mol. The number of nitrogens with zero attached hydrogens (tertiary/aromatic N) is 2. The molecule has 0 N–H and O–H groups in total. The van der Waals surface area contributed by atoms with E-state index in [4.69, 9.17) is 4.74 Å². The highest BCUT2D eigenvalue weighted by atomic mass is 16.5. The number of aryl methyl sites for hydroxylation is 1. The molecular weight excluding hydrogens is 368 g/mol. The highest BCUT2D eigenvalue weighted by Gasteiger charge is 2.29. The van der Waals surface area contributed by atoms with E-state index in [1.807, 2.05) is 46.8 Å². The highest BCUT2D eigenvalue weighted by Crippen LogP contribution is 2.24. The number of benzene rings is 1. The van der Waals surface area contributed by atoms with Crippen LogP contribution in [-0.2, 0) is 11.3 Å². The molecule has 0 atom stereocenters. The summed E-state index contributed by atoms with van der Waals surface area (Å²) in [6, 6.07) is 7.16. The topological polar surface area (TPSA) is 68.6 Å². The molecule has 0 bridgehead atoms. The van der Waals surface area contributed by atoms with Gasteiger partial charge in [0.1, 0.15) is 5.69 Å². The maximum atomic E-state index is 13.2. The predicted molar refractivity (Wildman–Crippen MR) is 113 cm³/mol. The van der Waals surface area contributed by atoms with Gasteiger partial charge in [0.15, 0.2) is 5.78 Å². The van der Waals surface area contributed by atoms with Crippen LogP contribution in [0.15, 0.2) is 24.3 Å². The van der Waals surface area contributed by atoms with Gasteiger partial charge in [-0.2, -0.15) is 0 Å². The van der Waals surface area contributed by atoms with Gasteiger partial charge in [0.25, 0.3) is 5.91 Å². The molecule has 0 aliphatic carbocycles. The van der Waals surface area contributed by atoms with Crippen LogP contribution in [0.1, 0.15) is 68.8 Å². The Morgan fingerprint density at radius 1 is 1.07 bits per heavy atom. The predicted octanol–water partition coefficient (Wildman–Crippen LogP) is 3.95. The van der Waals surface area contributed by atoms with Crippen molar-refractivity contribution in [3.63, 3.8) is 0 Å². The van der Waals surface area contributed by atoms with E-state index in [-0.39, 0.29) is 24.3 Å². The van der Waals surface area contributed by atoms with Gasteiger partial charge in [-0.05, 0) is 59.2 Å². The highest BCUT2D eigenvalue weighted by molar-refractivity contribution is 6.06. The smallest absolute Gasteiger partial charge is 0.354 e. The van der Waals surface area contributed by atoms with Crippen molar-refractivity contribution in [3.05, 3.63) is 57.9 Å². The van der Waals surface area contributed by atoms with Gasteiger partial charge in [-0.25, -0.2) is 4.79 Å². The molecule has 0 saturated carbocycles. The van der Waals surface area contributed by atoms with Gasteiger partial charge in [0.2, 0.25) is 0 Å². The summed E-state index contributed by atoms with van der Waals surface area (Å²) in [6.07, 6.45) is 0. The number of ether oxygens (including phenoxy) is 1. The summed E-state index contributed by atoms with van der Waals surface area (Å²) in [7, 11) is 1.33. The zero-order valence-corrected chi connectivity index (χ0v) is 18.3. The lowest BCUT2D eigenvalue weighted by Gasteiger charge is -2.26. The van der Waals surface area contributed by atoms with Crippen molar-refractivity contribution in [2.75, 3.05) is 13.7 Å². The van der Waals surface area contributed by atoms with Crippen LogP contribution in [0.3, 0.4) is 0 Å². The first kappa shape index (κ1) is 22.4. The summed E-state index contributed by atoms with van der Waals surface area (Å²) >= 11 is 0. The summed E-state index contributed by atoms with van der Waals surface area (Å²) in [6.45, 7) is 11.7. The molecule has 1 aromatic heterocycles. The second kappa shape index (κ2) is 9.07. The zero-order chi connectivity index (χ0) is 21.9. The molecular formula is C23H30N2O4. The number of carbonyl (C=O) groups is 3. The summed E-state index contributed by atoms with van der Waals surface area (Å²) in [5, 5.41) is 0. The lowest BCUT2D eigenvalue weighted by Crippen LogP contribution is -2.41. The minimum absolute atomic E-state index is 0.0552. The molecule has 1 heterocycles. The van der Waals surface area contributed by atoms with Crippen LogP contribution in [0.5, 0.6) is 0 Å². The van der Waals surface area contributed by atoms with Crippen LogP contribution in [0.2, 0.25) is 0 Å². The minimum Gasteiger partial charge on any atom is -0.464 e. The van der Waals surface area contributed by atoms with Crippen LogP contribution in [-0.4, -0.2) is 46.8 Å². The van der Waals surface area contributed by atoms with Gasteiger partial charge in [-0.15, -0.1) is 0 Å². The largest absolute Gasteiger partial charge is 0.464 e. The lowest BCUT2D eigenvalue weighted by molar-refractivity contribution is 0.0587. The van der Waals surface area contributed by atoms with E-state index in [1.165, 1.54) is 7.11 Å². The van der Waals surface area contributed by atoms with Crippen LogP contribution < -0.4 is 0 Å². The molecule has 0 aliphatic rings. The van der Waals surface area contributed by atoms with E-state index in [9.17, 15) is 14.4 Å². The average molecular weight is 399 g/mol. The fourth-order valence-electron chi connectivity index (χ4n) is 3.65. The van der Waals surface area contributed by atoms with E-state index >= 15 is 0 Å². The van der Waals surface area contributed by atoms with Crippen molar-refractivity contribution in [3.8, 4) is 0 Å². The summed E-state index contributed by atoms with van der Waals surface area (Å²) < 4.78 is 6.68. The number of amides is 1. The average Bonchev–Trinajstić information content (AvgIpc) is 2.94. The van der Waals surface area contributed by atoms with Gasteiger partial charge < -0.3 is 14.2 Å². The molecule has 0 fully saturated rings. The van der Waals surface area contributed by atoms with Crippen molar-refractivity contribution in [1.82, 2.24) is 9.47 Å². The molecule has 0 saturated heterocycles. The molecule has 6 heteroatoms. The lowest BCUT2D eigenvalue weighted by atomic mass is 10.0. The number of carbonyl (C=O) groups excluding carboxylic acids is 3. The summed E-state index contributed by atoms with van der Waals surface area (Å²) in [5.74, 6) is -0.846. The maximum absolute atomic E-state index is 13.2. The van der Waals surface area contributed by atoms with Gasteiger partial charge in [0, 0.05) is 29.4 Å². The summed E-state index contributed by atoms with van der Waals surface area (Å²) in [4.78, 5) is 40.0. The summed E-state index contributed by atoms with van der Waals surface area (Å²) in [5.41, 5.74) is 3.78. The number of Topliss-reactive ketones (excluding diaryl/α,β-unsaturated/α-hetero) is 1. The van der Waals surface area contributed by atoms with Crippen LogP contribution in [0, 0.1) is 20.8 Å². The fraction of sp³-hybridized carbons (Fsp3) is 0.435. The second-order valence-corrected chi connectivity index (χ2v) is 7.49. The molecule has 2 aromatic rings. The molecule has 2 rings (SSSR count). The number of hydrogen-bond donors (Lipinski definition) is 0. The second-order valence-electron chi connectivity index (χ2n) is 7.49. The minimum atomic E-state index is -0.469. The third-order valence-corrected chi connectivity index (χ3v) is 5.24. The number of ketones is 1. The third kappa shape index (κ3) is 4.42. The van der Waals surface area contributed by atoms with Crippen molar-refractivity contribution in [2.45, 2.75) is 54.1 Å². The fourth-order valence-corrected chi connectivity index (χ4v) is 3.65. The van der Waals surface area contributed by atoms with Gasteiger partial charge in [0.05, 0.1) is 13.7 Å². The number of methoxy groups -OCH3 is 1. The van der Waals surface area contributed by atoms with Crippen LogP contribution in [0.4, 0.5) is 0 Å². The van der Waals surface area contributed by atoms with Crippen molar-refractivity contribution in [1.29, 1.82) is 0 Å². The molecule has 6 nitrogen and oxygen atoms in total. The standard InChI is InChI=1S/C23H30N2O4/c1-8-24-17(6)20(16(5)21(24)23(28)29-7)19(26)13-25(14(2)3)22(27)18-11-9-15(4)10-12-18/h9-12,14H,8,13H2,1-7H3. The normalized spacial score (nSPS) is 10.9. The first-order valence-corrected chi connectivity index (χ1v) is 9.82. The van der Waals surface area contributed by atoms with Crippen molar-refractivity contribution in [2.24, 2.45) is 0 Å². The SMILES string of the molecule is CCn1c(C)c(C(=O)CN(C(=O)c2ccc(C)cc2)C(C)C)c(C)c1C(=O)OC. The molecule has 1 aromatic carbocycles. The first-order valence-electron chi connectivity index (χ1n) is 9.82. The van der Waals surface area contributed by atoms with Crippen LogP contribution >= 0.6 is 0 Å². The Balaban J connectivity index is 2.40. The van der Waals surface area contributed by atoms with Gasteiger partial charge in [-0.3, -0.25) is 9.59 Å². The molecule has 0 aliphatic heterocycles. The Bertz CT molecular complexity index is 923. The van der Waals surface area contributed by atoms with E-state index in [2.05, 4.69) is 0 Å². The Kier molecular flexibility index (Phi) is 7.01. The molecule has 0 radical (unpaired) electrons. The van der Waals surface area contributed by atoms with E-state index in [0.717, 1.165) is 5.56 Å². The van der Waals surface area contributed by atoms with Gasteiger partial charge in [-0.1, -0.05) is 17.7 Å². The van der Waals surface area contributed by atoms with Crippen molar-refractivity contribution >= 4 is 17.7 Å². The molecule has 0 unspecified atom stereocenters. The Labute approximate surface area is 172 Å². The van der Waals surface area contributed by atoms with Gasteiger partial charge >= 0.3 is 5.97 Å². The van der Waals surface area contributed by atoms with E-state index < -0.39 is 5.97 Å². The molecule has 1 amide bonds. The van der Waals surface area contributed by atoms with Crippen LogP contribution in [0.25, 0.3) is 0 Å². The van der Waals surface area contributed by atoms with Crippen molar-refractivity contribution < 1.29 is 19.1 Å². The third-order valence-electron chi connectivity index (χ3n) is 5.24. The van der Waals surface area contributed by atoms with E-state index in [1.54, 1.807) is 28.5 Å². The Hall–Kier alpha value is -2.89. The van der Waals surface area contributed by atoms with E-state index in [0.29, 0.717) is 34.6 Å². The Morgan fingerprint density at radius 2 is 1.66 bits per heavy atom. The number of hydrogen-bond acceptors (Lipinski definition) is 4. The zero-order valence-electron chi connectivity index (χ0n) is 18.3. The number of aromatic nitrogens is 1.